The van der Waals surface area contributed by atoms with Crippen LogP contribution in [0.2, 0.25) is 0 Å². The SMILES string of the molecule is C=C(C)C(=O)OCCCCCCCc1ccc(N=Nc2ccncc2)cc1. The van der Waals surface area contributed by atoms with Crippen LogP contribution >= 0.6 is 0 Å². The summed E-state index contributed by atoms with van der Waals surface area (Å²) in [7, 11) is 0. The summed E-state index contributed by atoms with van der Waals surface area (Å²) in [5.74, 6) is -0.293. The maximum atomic E-state index is 11.2. The van der Waals surface area contributed by atoms with Crippen molar-refractivity contribution in [3.05, 3.63) is 66.5 Å². The van der Waals surface area contributed by atoms with Gasteiger partial charge in [-0.1, -0.05) is 38.0 Å². The molecule has 0 saturated heterocycles. The molecule has 1 aromatic carbocycles. The molecule has 1 aromatic heterocycles. The molecular formula is C22H27N3O2. The highest BCUT2D eigenvalue weighted by atomic mass is 16.5. The Hall–Kier alpha value is -2.82. The zero-order valence-corrected chi connectivity index (χ0v) is 15.9. The largest absolute Gasteiger partial charge is 0.462 e. The monoisotopic (exact) mass is 365 g/mol. The number of carbonyl (C=O) groups is 1. The summed E-state index contributed by atoms with van der Waals surface area (Å²) >= 11 is 0. The second kappa shape index (κ2) is 11.7. The molecule has 0 bridgehead atoms. The Morgan fingerprint density at radius 1 is 0.926 bits per heavy atom. The second-order valence-corrected chi connectivity index (χ2v) is 6.51. The molecule has 5 nitrogen and oxygen atoms in total. The van der Waals surface area contributed by atoms with Crippen LogP contribution in [0.1, 0.15) is 44.6 Å². The van der Waals surface area contributed by atoms with Gasteiger partial charge >= 0.3 is 5.97 Å². The maximum Gasteiger partial charge on any atom is 0.333 e. The number of carbonyl (C=O) groups excluding carboxylic acids is 1. The van der Waals surface area contributed by atoms with Gasteiger partial charge in [0.25, 0.3) is 0 Å². The minimum atomic E-state index is -0.293. The summed E-state index contributed by atoms with van der Waals surface area (Å²) < 4.78 is 5.08. The topological polar surface area (TPSA) is 63.9 Å². The Morgan fingerprint density at radius 3 is 2.19 bits per heavy atom. The number of aryl methyl sites for hydroxylation is 1. The van der Waals surface area contributed by atoms with E-state index in [1.807, 2.05) is 24.3 Å². The molecule has 0 atom stereocenters. The second-order valence-electron chi connectivity index (χ2n) is 6.51. The standard InChI is InChI=1S/C22H27N3O2/c1-18(2)22(26)27-17-7-5-3-4-6-8-19-9-11-20(12-10-19)24-25-21-13-15-23-16-14-21/h9-16H,1,3-8,17H2,2H3. The highest BCUT2D eigenvalue weighted by molar-refractivity contribution is 5.86. The van der Waals surface area contributed by atoms with Crippen LogP contribution in [-0.4, -0.2) is 17.6 Å². The van der Waals surface area contributed by atoms with Crippen LogP contribution in [0.5, 0.6) is 0 Å². The van der Waals surface area contributed by atoms with Gasteiger partial charge in [-0.25, -0.2) is 4.79 Å². The van der Waals surface area contributed by atoms with Gasteiger partial charge in [0.2, 0.25) is 0 Å². The number of nitrogens with zero attached hydrogens (tertiary/aromatic N) is 3. The number of esters is 1. The molecule has 142 valence electrons. The number of ether oxygens (including phenoxy) is 1. The van der Waals surface area contributed by atoms with Crippen molar-refractivity contribution >= 4 is 17.3 Å². The fourth-order valence-corrected chi connectivity index (χ4v) is 2.51. The lowest BCUT2D eigenvalue weighted by Crippen LogP contribution is -2.05. The third-order valence-electron chi connectivity index (χ3n) is 4.07. The number of pyridine rings is 1. The van der Waals surface area contributed by atoms with E-state index in [2.05, 4.69) is 33.9 Å². The summed E-state index contributed by atoms with van der Waals surface area (Å²) in [5, 5.41) is 8.42. The third kappa shape index (κ3) is 8.40. The first-order valence-corrected chi connectivity index (χ1v) is 9.38. The van der Waals surface area contributed by atoms with Crippen molar-refractivity contribution in [2.75, 3.05) is 6.61 Å². The van der Waals surface area contributed by atoms with Crippen LogP contribution in [0.25, 0.3) is 0 Å². The fraction of sp³-hybridized carbons (Fsp3) is 0.364. The molecule has 0 aliphatic carbocycles. The van der Waals surface area contributed by atoms with Gasteiger partial charge in [0, 0.05) is 18.0 Å². The highest BCUT2D eigenvalue weighted by Crippen LogP contribution is 2.19. The highest BCUT2D eigenvalue weighted by Gasteiger charge is 2.02. The quantitative estimate of drug-likeness (QED) is 0.209. The van der Waals surface area contributed by atoms with Crippen LogP contribution in [0.3, 0.4) is 0 Å². The first-order valence-electron chi connectivity index (χ1n) is 9.38. The number of hydrogen-bond donors (Lipinski definition) is 0. The minimum absolute atomic E-state index is 0.293. The Balaban J connectivity index is 1.58. The van der Waals surface area contributed by atoms with Crippen molar-refractivity contribution in [1.29, 1.82) is 0 Å². The lowest BCUT2D eigenvalue weighted by molar-refractivity contribution is -0.139. The molecule has 5 heteroatoms. The predicted octanol–water partition coefficient (Wildman–Crippen LogP) is 6.11. The van der Waals surface area contributed by atoms with E-state index >= 15 is 0 Å². The molecule has 0 aliphatic heterocycles. The first-order chi connectivity index (χ1) is 13.1. The number of aromatic nitrogens is 1. The van der Waals surface area contributed by atoms with Gasteiger partial charge in [-0.15, -0.1) is 0 Å². The zero-order valence-electron chi connectivity index (χ0n) is 15.9. The number of azo groups is 1. The van der Waals surface area contributed by atoms with Crippen molar-refractivity contribution < 1.29 is 9.53 Å². The van der Waals surface area contributed by atoms with E-state index in [0.29, 0.717) is 12.2 Å². The number of unbranched alkanes of at least 4 members (excludes halogenated alkanes) is 4. The molecule has 0 N–H and O–H groups in total. The van der Waals surface area contributed by atoms with Crippen molar-refractivity contribution in [3.8, 4) is 0 Å². The summed E-state index contributed by atoms with van der Waals surface area (Å²) in [6.45, 7) is 5.72. The molecule has 27 heavy (non-hydrogen) atoms. The van der Waals surface area contributed by atoms with Gasteiger partial charge in [-0.2, -0.15) is 10.2 Å². The average molecular weight is 365 g/mol. The van der Waals surface area contributed by atoms with Gasteiger partial charge in [0.05, 0.1) is 18.0 Å². The molecule has 0 aliphatic rings. The van der Waals surface area contributed by atoms with E-state index in [-0.39, 0.29) is 5.97 Å². The number of benzene rings is 1. The molecule has 0 spiro atoms. The molecule has 0 radical (unpaired) electrons. The lowest BCUT2D eigenvalue weighted by atomic mass is 10.1. The maximum absolute atomic E-state index is 11.2. The van der Waals surface area contributed by atoms with E-state index in [4.69, 9.17) is 4.74 Å². The molecule has 2 aromatic rings. The van der Waals surface area contributed by atoms with Gasteiger partial charge in [-0.05, 0) is 56.0 Å². The fourth-order valence-electron chi connectivity index (χ4n) is 2.51. The molecule has 1 heterocycles. The summed E-state index contributed by atoms with van der Waals surface area (Å²) in [6, 6.07) is 11.9. The van der Waals surface area contributed by atoms with E-state index in [9.17, 15) is 4.79 Å². The van der Waals surface area contributed by atoms with Gasteiger partial charge < -0.3 is 4.74 Å². The number of rotatable bonds is 11. The van der Waals surface area contributed by atoms with Crippen LogP contribution in [0.4, 0.5) is 11.4 Å². The average Bonchev–Trinajstić information content (AvgIpc) is 2.69. The Kier molecular flexibility index (Phi) is 8.90. The van der Waals surface area contributed by atoms with E-state index in [1.165, 1.54) is 12.0 Å². The van der Waals surface area contributed by atoms with Crippen LogP contribution in [-0.2, 0) is 16.0 Å². The molecule has 0 fully saturated rings. The first kappa shape index (κ1) is 20.5. The van der Waals surface area contributed by atoms with Crippen LogP contribution in [0.15, 0.2) is 71.2 Å². The minimum Gasteiger partial charge on any atom is -0.462 e. The van der Waals surface area contributed by atoms with Crippen LogP contribution < -0.4 is 0 Å². The van der Waals surface area contributed by atoms with Crippen molar-refractivity contribution in [3.63, 3.8) is 0 Å². The van der Waals surface area contributed by atoms with Gasteiger partial charge in [0.1, 0.15) is 0 Å². The van der Waals surface area contributed by atoms with Gasteiger partial charge in [-0.3, -0.25) is 4.98 Å². The zero-order chi connectivity index (χ0) is 19.3. The van der Waals surface area contributed by atoms with E-state index in [0.717, 1.165) is 43.5 Å². The lowest BCUT2D eigenvalue weighted by Gasteiger charge is -2.05. The Labute approximate surface area is 161 Å². The Morgan fingerprint density at radius 2 is 1.52 bits per heavy atom. The van der Waals surface area contributed by atoms with E-state index in [1.54, 1.807) is 19.3 Å². The molecule has 0 saturated carbocycles. The predicted molar refractivity (Wildman–Crippen MR) is 107 cm³/mol. The molecular weight excluding hydrogens is 338 g/mol. The van der Waals surface area contributed by atoms with Crippen LogP contribution in [0, 0.1) is 0 Å². The number of hydrogen-bond acceptors (Lipinski definition) is 5. The normalized spacial score (nSPS) is 10.9. The van der Waals surface area contributed by atoms with Crippen molar-refractivity contribution in [2.45, 2.75) is 45.4 Å². The smallest absolute Gasteiger partial charge is 0.333 e. The summed E-state index contributed by atoms with van der Waals surface area (Å²) in [4.78, 5) is 15.2. The van der Waals surface area contributed by atoms with Crippen molar-refractivity contribution in [1.82, 2.24) is 4.98 Å². The Bertz CT molecular complexity index is 740. The molecule has 2 rings (SSSR count). The van der Waals surface area contributed by atoms with E-state index < -0.39 is 0 Å². The van der Waals surface area contributed by atoms with Crippen molar-refractivity contribution in [2.24, 2.45) is 10.2 Å². The summed E-state index contributed by atoms with van der Waals surface area (Å²) in [6.07, 6.45) is 9.95. The third-order valence-corrected chi connectivity index (χ3v) is 4.07. The molecule has 0 unspecified atom stereocenters. The summed E-state index contributed by atoms with van der Waals surface area (Å²) in [5.41, 5.74) is 3.41. The van der Waals surface area contributed by atoms with Gasteiger partial charge in [0.15, 0.2) is 0 Å². The molecule has 0 amide bonds.